The van der Waals surface area contributed by atoms with Crippen LogP contribution in [0.25, 0.3) is 0 Å². The van der Waals surface area contributed by atoms with Crippen LogP contribution >= 0.6 is 15.2 Å². The van der Waals surface area contributed by atoms with Crippen LogP contribution in [-0.4, -0.2) is 100 Å². The van der Waals surface area contributed by atoms with Crippen LogP contribution in [0.2, 0.25) is 5.82 Å². The topological polar surface area (TPSA) is 223 Å². The fourth-order valence-corrected chi connectivity index (χ4v) is 13.0. The lowest BCUT2D eigenvalue weighted by Gasteiger charge is -2.51. The minimum atomic E-state index is -5.26. The molecule has 2 saturated carbocycles. The van der Waals surface area contributed by atoms with Gasteiger partial charge in [0.15, 0.2) is 11.2 Å². The molecule has 15 nitrogen and oxygen atoms in total. The highest BCUT2D eigenvalue weighted by molar-refractivity contribution is 7.70. The smallest absolute Gasteiger partial charge is 0.477 e. The molecule has 0 radical (unpaired) electrons. The fraction of sp³-hybridized carbons (Fsp3) is 0.658. The van der Waals surface area contributed by atoms with Crippen LogP contribution in [-0.2, 0) is 34.4 Å². The Morgan fingerprint density at radius 2 is 1.48 bits per heavy atom. The molecule has 5 N–H and O–H groups in total. The summed E-state index contributed by atoms with van der Waals surface area (Å²) in [7, 11) is -10.5. The number of carbonyl (C=O) groups is 3. The molecular formula is C38H57BN4O11P2. The van der Waals surface area contributed by atoms with Crippen molar-refractivity contribution in [1.82, 2.24) is 15.3 Å². The lowest BCUT2D eigenvalue weighted by molar-refractivity contribution is -0.829. The lowest BCUT2D eigenvalue weighted by atomic mass is 9.51. The van der Waals surface area contributed by atoms with Gasteiger partial charge in [-0.3, -0.25) is 28.5 Å². The molecule has 2 saturated heterocycles. The van der Waals surface area contributed by atoms with Crippen LogP contribution in [0.1, 0.15) is 113 Å². The van der Waals surface area contributed by atoms with Gasteiger partial charge in [0.05, 0.1) is 36.5 Å². The van der Waals surface area contributed by atoms with E-state index in [2.05, 4.69) is 29.1 Å². The largest absolute Gasteiger partial charge is 0.505 e. The number of benzene rings is 1. The molecule has 0 bridgehead atoms. The molecule has 2 spiro atoms. The van der Waals surface area contributed by atoms with Gasteiger partial charge in [0.2, 0.25) is 0 Å². The zero-order valence-electron chi connectivity index (χ0n) is 32.4. The van der Waals surface area contributed by atoms with Crippen molar-refractivity contribution in [3.8, 4) is 0 Å². The van der Waals surface area contributed by atoms with Crippen molar-refractivity contribution in [1.29, 1.82) is 0 Å². The molecule has 2 atom stereocenters. The average molecular weight is 819 g/mol. The number of quaternary nitrogens is 1. The van der Waals surface area contributed by atoms with Gasteiger partial charge >= 0.3 is 21.9 Å². The predicted molar refractivity (Wildman–Crippen MR) is 208 cm³/mol. The van der Waals surface area contributed by atoms with Gasteiger partial charge in [0, 0.05) is 31.8 Å². The van der Waals surface area contributed by atoms with Gasteiger partial charge in [-0.05, 0) is 62.2 Å². The maximum Gasteiger partial charge on any atom is 0.477 e. The second kappa shape index (κ2) is 16.9. The summed E-state index contributed by atoms with van der Waals surface area (Å²) >= 11 is 0. The molecule has 1 aromatic heterocycles. The van der Waals surface area contributed by atoms with Gasteiger partial charge in [-0.15, -0.1) is 0 Å². The molecule has 2 aliphatic heterocycles. The van der Waals surface area contributed by atoms with E-state index in [-0.39, 0.29) is 48.9 Å². The van der Waals surface area contributed by atoms with Gasteiger partial charge in [-0.25, -0.2) is 4.98 Å². The third kappa shape index (κ3) is 9.46. The lowest BCUT2D eigenvalue weighted by Crippen LogP contribution is -2.66. The summed E-state index contributed by atoms with van der Waals surface area (Å²) in [6, 6.07) is 8.63. The first-order chi connectivity index (χ1) is 26.4. The molecular weight excluding hydrogens is 761 g/mol. The zero-order chi connectivity index (χ0) is 40.4. The molecule has 4 fully saturated rings. The summed E-state index contributed by atoms with van der Waals surface area (Å²) in [6.45, 7) is 3.70. The first-order valence-electron chi connectivity index (χ1n) is 20.1. The summed E-state index contributed by atoms with van der Waals surface area (Å²) in [4.78, 5) is 88.3. The minimum Gasteiger partial charge on any atom is -0.505 e. The van der Waals surface area contributed by atoms with E-state index >= 15 is 0 Å². The number of nitrogens with one attached hydrogen (secondary N) is 1. The molecule has 18 heteroatoms. The van der Waals surface area contributed by atoms with Crippen LogP contribution in [0, 0.1) is 5.92 Å². The van der Waals surface area contributed by atoms with Crippen LogP contribution < -0.4 is 5.32 Å². The molecule has 308 valence electrons. The predicted octanol–water partition coefficient (Wildman–Crippen LogP) is 5.06. The van der Waals surface area contributed by atoms with E-state index in [1.807, 2.05) is 30.3 Å². The Bertz CT molecular complexity index is 1760. The number of fused-ring (bicyclic) bond motifs is 1. The van der Waals surface area contributed by atoms with Crippen molar-refractivity contribution < 1.29 is 56.8 Å². The van der Waals surface area contributed by atoms with Gasteiger partial charge in [0.25, 0.3) is 5.91 Å². The summed E-state index contributed by atoms with van der Waals surface area (Å²) < 4.78 is 39.4. The summed E-state index contributed by atoms with van der Waals surface area (Å²) in [5.74, 6) is -1.53. The van der Waals surface area contributed by atoms with Gasteiger partial charge in [-0.2, -0.15) is 0 Å². The van der Waals surface area contributed by atoms with Crippen LogP contribution in [0.4, 0.5) is 0 Å². The highest BCUT2D eigenvalue weighted by Gasteiger charge is 2.73. The number of aromatic nitrogens is 2. The van der Waals surface area contributed by atoms with Crippen molar-refractivity contribution in [2.75, 3.05) is 19.6 Å². The van der Waals surface area contributed by atoms with Crippen LogP contribution in [0.3, 0.4) is 0 Å². The quantitative estimate of drug-likeness (QED) is 0.0982. The maximum absolute atomic E-state index is 14.8. The van der Waals surface area contributed by atoms with Gasteiger partial charge in [0.1, 0.15) is 11.5 Å². The molecule has 56 heavy (non-hydrogen) atoms. The van der Waals surface area contributed by atoms with Crippen LogP contribution in [0.5, 0.6) is 0 Å². The monoisotopic (exact) mass is 818 g/mol. The number of carbonyl (C=O) groups excluding carboxylic acids is 3. The molecule has 3 heterocycles. The Labute approximate surface area is 328 Å². The standard InChI is InChI=1S/C38H57BN4O11P2/c1-28(2)21-30(23-34(45)32(22-29-11-4-3-5-12-29)42-36(46)33-25-40-18-19-41-33)39-43(26-37(53-39)14-6-7-15-37,27-38(54-39)16-8-9-17-38)20-10-13-31(44)24-35(55(47,48)49)56(50,51)52/h3-5,11-12,18-19,25,28,30,32,35H,6-10,13-17,20-24,26-27H2,1-2H3,(H,42,46)(H2,47,48,49)(H2,50,51,52)/t30?,32-,39?,43?/m0/s1. The fourth-order valence-electron chi connectivity index (χ4n) is 10.5. The molecule has 2 aliphatic carbocycles. The van der Waals surface area contributed by atoms with Gasteiger partial charge < -0.3 is 38.6 Å². The molecule has 4 aliphatic rings. The Morgan fingerprint density at radius 3 is 2.00 bits per heavy atom. The normalized spacial score (nSPS) is 25.2. The van der Waals surface area contributed by atoms with Crippen molar-refractivity contribution in [2.45, 2.75) is 132 Å². The van der Waals surface area contributed by atoms with E-state index < -0.39 is 62.6 Å². The van der Waals surface area contributed by atoms with Crippen molar-refractivity contribution in [2.24, 2.45) is 5.92 Å². The highest BCUT2D eigenvalue weighted by atomic mass is 31.2. The number of amides is 1. The number of hydrogen-bond acceptors (Lipinski definition) is 9. The number of hydrogen-bond donors (Lipinski definition) is 5. The molecule has 6 rings (SSSR count). The first kappa shape index (κ1) is 42.9. The molecule has 1 unspecified atom stereocenters. The number of ketones is 2. The third-order valence-corrected chi connectivity index (χ3v) is 16.4. The zero-order valence-corrected chi connectivity index (χ0v) is 34.2. The van der Waals surface area contributed by atoms with Crippen molar-refractivity contribution in [3.63, 3.8) is 0 Å². The van der Waals surface area contributed by atoms with Crippen LogP contribution in [0.15, 0.2) is 48.9 Å². The SMILES string of the molecule is CC(C)CC(CC(=O)[C@H](Cc1ccccc1)NC(=O)c1cnccn1)[B-]12OC3(CCCC3)C[N+]1(CCCC(=O)CC(P(=O)(O)O)P(=O)(O)O)CC1(CCCC1)O2. The minimum absolute atomic E-state index is 0.0772. The van der Waals surface area contributed by atoms with E-state index in [9.17, 15) is 43.1 Å². The summed E-state index contributed by atoms with van der Waals surface area (Å²) in [5.41, 5.74) is 0.0338. The highest BCUT2D eigenvalue weighted by Crippen LogP contribution is 2.62. The first-order valence-corrected chi connectivity index (χ1v) is 23.4. The Balaban J connectivity index is 1.33. The van der Waals surface area contributed by atoms with Crippen molar-refractivity contribution >= 4 is 39.4 Å². The Kier molecular flexibility index (Phi) is 13.0. The average Bonchev–Trinajstić information content (AvgIpc) is 3.89. The maximum atomic E-state index is 14.8. The number of rotatable bonds is 18. The second-order valence-corrected chi connectivity index (χ2v) is 21.4. The van der Waals surface area contributed by atoms with Crippen molar-refractivity contribution in [3.05, 3.63) is 60.2 Å². The van der Waals surface area contributed by atoms with E-state index in [0.29, 0.717) is 30.4 Å². The Hall–Kier alpha value is -2.65. The summed E-state index contributed by atoms with van der Waals surface area (Å²) in [6.07, 6.45) is 11.7. The third-order valence-electron chi connectivity index (χ3n) is 12.7. The van der Waals surface area contributed by atoms with E-state index in [4.69, 9.17) is 9.31 Å². The number of Topliss-reactive ketones (excluding diaryl/α,β-unsaturated/α-hetero) is 2. The van der Waals surface area contributed by atoms with E-state index in [1.165, 1.54) is 18.6 Å². The van der Waals surface area contributed by atoms with E-state index in [1.54, 1.807) is 0 Å². The molecule has 1 aromatic carbocycles. The number of nitrogens with zero attached hydrogens (tertiary/aromatic N) is 3. The molecule has 2 aromatic rings. The van der Waals surface area contributed by atoms with Gasteiger partial charge in [-0.1, -0.05) is 76.3 Å². The van der Waals surface area contributed by atoms with E-state index in [0.717, 1.165) is 56.9 Å². The molecule has 1 amide bonds. The Morgan fingerprint density at radius 1 is 0.893 bits per heavy atom. The summed E-state index contributed by atoms with van der Waals surface area (Å²) in [5, 5.41) is 0.576. The second-order valence-electron chi connectivity index (χ2n) is 17.4.